The third-order valence-electron chi connectivity index (χ3n) is 4.87. The third kappa shape index (κ3) is 6.46. The number of carbonyl (C=O) groups is 1. The van der Waals surface area contributed by atoms with E-state index >= 15 is 0 Å². The topological polar surface area (TPSA) is 48.0 Å². The van der Waals surface area contributed by atoms with Crippen molar-refractivity contribution in [3.63, 3.8) is 0 Å². The van der Waals surface area contributed by atoms with Gasteiger partial charge in [-0.1, -0.05) is 29.8 Å². The average molecular weight is 416 g/mol. The molecular formula is C24H30FNO4. The maximum Gasteiger partial charge on any atom is 0.410 e. The van der Waals surface area contributed by atoms with E-state index in [9.17, 15) is 9.18 Å². The van der Waals surface area contributed by atoms with Crippen LogP contribution in [0, 0.1) is 12.7 Å². The van der Waals surface area contributed by atoms with Crippen LogP contribution in [0.2, 0.25) is 0 Å². The van der Waals surface area contributed by atoms with Crippen LogP contribution in [-0.4, -0.2) is 41.9 Å². The van der Waals surface area contributed by atoms with Crippen LogP contribution in [0.5, 0.6) is 5.75 Å². The Morgan fingerprint density at radius 1 is 1.10 bits per heavy atom. The number of ether oxygens (including phenoxy) is 3. The highest BCUT2D eigenvalue weighted by atomic mass is 19.1. The molecule has 6 heteroatoms. The SMILES string of the molecule is Cc1ccc(OCC2CC(OCc3ccc(F)cc3)CN2C(=O)OC(C)(C)C)cc1. The summed E-state index contributed by atoms with van der Waals surface area (Å²) >= 11 is 0. The highest BCUT2D eigenvalue weighted by Gasteiger charge is 2.38. The van der Waals surface area contributed by atoms with Gasteiger partial charge in [0, 0.05) is 0 Å². The fraction of sp³-hybridized carbons (Fsp3) is 0.458. The second kappa shape index (κ2) is 9.47. The lowest BCUT2D eigenvalue weighted by atomic mass is 10.2. The molecule has 2 atom stereocenters. The van der Waals surface area contributed by atoms with Crippen LogP contribution in [0.25, 0.3) is 0 Å². The zero-order valence-corrected chi connectivity index (χ0v) is 18.1. The summed E-state index contributed by atoms with van der Waals surface area (Å²) in [4.78, 5) is 14.4. The van der Waals surface area contributed by atoms with Crippen molar-refractivity contribution in [3.8, 4) is 5.75 Å². The molecule has 2 unspecified atom stereocenters. The number of amides is 1. The molecule has 1 aliphatic rings. The molecular weight excluding hydrogens is 385 g/mol. The molecule has 0 aromatic heterocycles. The number of hydrogen-bond donors (Lipinski definition) is 0. The minimum Gasteiger partial charge on any atom is -0.491 e. The zero-order valence-electron chi connectivity index (χ0n) is 18.1. The number of benzene rings is 2. The third-order valence-corrected chi connectivity index (χ3v) is 4.87. The van der Waals surface area contributed by atoms with Crippen LogP contribution >= 0.6 is 0 Å². The summed E-state index contributed by atoms with van der Waals surface area (Å²) in [6.45, 7) is 8.72. The normalized spacial score (nSPS) is 19.0. The van der Waals surface area contributed by atoms with E-state index < -0.39 is 5.60 Å². The van der Waals surface area contributed by atoms with Crippen LogP contribution in [0.15, 0.2) is 48.5 Å². The molecule has 2 aromatic carbocycles. The smallest absolute Gasteiger partial charge is 0.410 e. The predicted molar refractivity (Wildman–Crippen MR) is 113 cm³/mol. The van der Waals surface area contributed by atoms with Gasteiger partial charge in [-0.2, -0.15) is 0 Å². The summed E-state index contributed by atoms with van der Waals surface area (Å²) < 4.78 is 30.6. The van der Waals surface area contributed by atoms with Gasteiger partial charge in [-0.05, 0) is 63.9 Å². The second-order valence-electron chi connectivity index (χ2n) is 8.71. The minimum atomic E-state index is -0.577. The van der Waals surface area contributed by atoms with Gasteiger partial charge in [0.15, 0.2) is 0 Å². The summed E-state index contributed by atoms with van der Waals surface area (Å²) in [7, 11) is 0. The van der Waals surface area contributed by atoms with Crippen LogP contribution in [0.3, 0.4) is 0 Å². The van der Waals surface area contributed by atoms with Gasteiger partial charge in [-0.15, -0.1) is 0 Å². The van der Waals surface area contributed by atoms with E-state index in [-0.39, 0.29) is 24.1 Å². The molecule has 1 saturated heterocycles. The first-order valence-corrected chi connectivity index (χ1v) is 10.2. The van der Waals surface area contributed by atoms with E-state index in [2.05, 4.69) is 0 Å². The summed E-state index contributed by atoms with van der Waals surface area (Å²) in [5.74, 6) is 0.490. The molecule has 3 rings (SSSR count). The Labute approximate surface area is 177 Å². The Morgan fingerprint density at radius 2 is 1.77 bits per heavy atom. The molecule has 0 N–H and O–H groups in total. The Bertz CT molecular complexity index is 830. The van der Waals surface area contributed by atoms with E-state index in [1.807, 2.05) is 52.0 Å². The number of halogens is 1. The summed E-state index contributed by atoms with van der Waals surface area (Å²) in [6, 6.07) is 13.9. The Morgan fingerprint density at radius 3 is 2.40 bits per heavy atom. The number of nitrogens with zero attached hydrogens (tertiary/aromatic N) is 1. The van der Waals surface area contributed by atoms with Gasteiger partial charge in [-0.3, -0.25) is 4.90 Å². The number of carbonyl (C=O) groups excluding carboxylic acids is 1. The molecule has 30 heavy (non-hydrogen) atoms. The van der Waals surface area contributed by atoms with Gasteiger partial charge in [0.2, 0.25) is 0 Å². The Hall–Kier alpha value is -2.60. The van der Waals surface area contributed by atoms with Crippen molar-refractivity contribution in [3.05, 3.63) is 65.5 Å². The molecule has 1 aliphatic heterocycles. The number of aryl methyl sites for hydroxylation is 1. The molecule has 0 radical (unpaired) electrons. The van der Waals surface area contributed by atoms with Gasteiger partial charge in [0.05, 0.1) is 25.3 Å². The van der Waals surface area contributed by atoms with Gasteiger partial charge >= 0.3 is 6.09 Å². The first-order chi connectivity index (χ1) is 14.2. The molecule has 0 spiro atoms. The van der Waals surface area contributed by atoms with Gasteiger partial charge < -0.3 is 14.2 Å². The molecule has 1 amide bonds. The van der Waals surface area contributed by atoms with Crippen molar-refractivity contribution >= 4 is 6.09 Å². The Balaban J connectivity index is 1.62. The van der Waals surface area contributed by atoms with Gasteiger partial charge in [0.25, 0.3) is 0 Å². The largest absolute Gasteiger partial charge is 0.491 e. The fourth-order valence-electron chi connectivity index (χ4n) is 3.32. The summed E-state index contributed by atoms with van der Waals surface area (Å²) in [6.07, 6.45) is 0.133. The molecule has 0 saturated carbocycles. The monoisotopic (exact) mass is 415 g/mol. The maximum atomic E-state index is 13.1. The molecule has 2 aromatic rings. The summed E-state index contributed by atoms with van der Waals surface area (Å²) in [5.41, 5.74) is 1.47. The predicted octanol–water partition coefficient (Wildman–Crippen LogP) is 5.11. The van der Waals surface area contributed by atoms with Crippen molar-refractivity contribution in [2.45, 2.75) is 58.5 Å². The average Bonchev–Trinajstić information content (AvgIpc) is 3.09. The van der Waals surface area contributed by atoms with E-state index in [0.29, 0.717) is 26.2 Å². The Kier molecular flexibility index (Phi) is 6.98. The van der Waals surface area contributed by atoms with Crippen molar-refractivity contribution in [2.24, 2.45) is 0 Å². The van der Waals surface area contributed by atoms with E-state index in [0.717, 1.165) is 16.9 Å². The minimum absolute atomic E-state index is 0.144. The van der Waals surface area contributed by atoms with Crippen LogP contribution < -0.4 is 4.74 Å². The van der Waals surface area contributed by atoms with E-state index in [1.54, 1.807) is 17.0 Å². The van der Waals surface area contributed by atoms with Gasteiger partial charge in [0.1, 0.15) is 23.8 Å². The lowest BCUT2D eigenvalue weighted by molar-refractivity contribution is 0.0127. The van der Waals surface area contributed by atoms with Crippen LogP contribution in [-0.2, 0) is 16.1 Å². The first kappa shape index (κ1) is 22.1. The summed E-state index contributed by atoms with van der Waals surface area (Å²) in [5, 5.41) is 0. The molecule has 0 aliphatic carbocycles. The quantitative estimate of drug-likeness (QED) is 0.658. The lowest BCUT2D eigenvalue weighted by Crippen LogP contribution is -2.42. The van der Waals surface area contributed by atoms with Crippen molar-refractivity contribution in [1.82, 2.24) is 4.90 Å². The highest BCUT2D eigenvalue weighted by Crippen LogP contribution is 2.25. The van der Waals surface area contributed by atoms with Crippen molar-refractivity contribution < 1.29 is 23.4 Å². The standard InChI is InChI=1S/C24H30FNO4/c1-17-5-11-21(12-6-17)29-16-20-13-22(14-26(20)23(27)30-24(2,3)4)28-15-18-7-9-19(25)10-8-18/h5-12,20,22H,13-16H2,1-4H3. The van der Waals surface area contributed by atoms with E-state index in [1.165, 1.54) is 12.1 Å². The molecule has 1 heterocycles. The molecule has 1 fully saturated rings. The molecule has 5 nitrogen and oxygen atoms in total. The maximum absolute atomic E-state index is 13.1. The first-order valence-electron chi connectivity index (χ1n) is 10.2. The molecule has 162 valence electrons. The van der Waals surface area contributed by atoms with E-state index in [4.69, 9.17) is 14.2 Å². The number of likely N-dealkylation sites (tertiary alicyclic amines) is 1. The highest BCUT2D eigenvalue weighted by molar-refractivity contribution is 5.69. The van der Waals surface area contributed by atoms with Crippen molar-refractivity contribution in [2.75, 3.05) is 13.2 Å². The lowest BCUT2D eigenvalue weighted by Gasteiger charge is -2.28. The zero-order chi connectivity index (χ0) is 21.7. The van der Waals surface area contributed by atoms with Crippen molar-refractivity contribution in [1.29, 1.82) is 0 Å². The van der Waals surface area contributed by atoms with Crippen LogP contribution in [0.1, 0.15) is 38.3 Å². The number of rotatable bonds is 6. The second-order valence-corrected chi connectivity index (χ2v) is 8.71. The fourth-order valence-corrected chi connectivity index (χ4v) is 3.32. The van der Waals surface area contributed by atoms with Gasteiger partial charge in [-0.25, -0.2) is 9.18 Å². The molecule has 0 bridgehead atoms. The van der Waals surface area contributed by atoms with Crippen LogP contribution in [0.4, 0.5) is 9.18 Å². The number of hydrogen-bond acceptors (Lipinski definition) is 4.